The van der Waals surface area contributed by atoms with Crippen LogP contribution >= 0.6 is 0 Å². The SMILES string of the molecule is CCC(C)[C@@H](Cc1ccccc1)C(=O)N1CCNCC1. The number of carbonyl (C=O) groups excluding carboxylic acids is 1. The normalized spacial score (nSPS) is 18.6. The van der Waals surface area contributed by atoms with Gasteiger partial charge in [0, 0.05) is 32.1 Å². The van der Waals surface area contributed by atoms with Crippen molar-refractivity contribution in [3.63, 3.8) is 0 Å². The molecule has 1 saturated heterocycles. The summed E-state index contributed by atoms with van der Waals surface area (Å²) in [5.41, 5.74) is 1.27. The van der Waals surface area contributed by atoms with Crippen molar-refractivity contribution in [2.24, 2.45) is 11.8 Å². The molecule has 0 spiro atoms. The quantitative estimate of drug-likeness (QED) is 0.893. The minimum Gasteiger partial charge on any atom is -0.340 e. The molecule has 0 aromatic heterocycles. The Hall–Kier alpha value is -1.35. The summed E-state index contributed by atoms with van der Waals surface area (Å²) >= 11 is 0. The van der Waals surface area contributed by atoms with Crippen LogP contribution in [0.4, 0.5) is 0 Å². The van der Waals surface area contributed by atoms with Gasteiger partial charge < -0.3 is 10.2 Å². The van der Waals surface area contributed by atoms with Gasteiger partial charge in [-0.3, -0.25) is 4.79 Å². The summed E-state index contributed by atoms with van der Waals surface area (Å²) in [5, 5.41) is 3.31. The number of benzene rings is 1. The monoisotopic (exact) mass is 274 g/mol. The smallest absolute Gasteiger partial charge is 0.226 e. The van der Waals surface area contributed by atoms with Crippen molar-refractivity contribution in [2.75, 3.05) is 26.2 Å². The Morgan fingerprint density at radius 2 is 1.90 bits per heavy atom. The van der Waals surface area contributed by atoms with E-state index in [1.165, 1.54) is 5.56 Å². The molecular formula is C17H26N2O. The molecule has 3 nitrogen and oxygen atoms in total. The molecule has 3 heteroatoms. The van der Waals surface area contributed by atoms with Gasteiger partial charge >= 0.3 is 0 Å². The van der Waals surface area contributed by atoms with Crippen LogP contribution in [0.5, 0.6) is 0 Å². The Morgan fingerprint density at radius 3 is 2.50 bits per heavy atom. The maximum Gasteiger partial charge on any atom is 0.226 e. The molecule has 1 heterocycles. The molecule has 2 rings (SSSR count). The number of amides is 1. The summed E-state index contributed by atoms with van der Waals surface area (Å²) in [6.45, 7) is 7.91. The van der Waals surface area contributed by atoms with Gasteiger partial charge in [-0.15, -0.1) is 0 Å². The highest BCUT2D eigenvalue weighted by Crippen LogP contribution is 2.23. The van der Waals surface area contributed by atoms with Crippen LogP contribution in [-0.4, -0.2) is 37.0 Å². The van der Waals surface area contributed by atoms with Crippen LogP contribution in [0, 0.1) is 11.8 Å². The maximum absolute atomic E-state index is 12.8. The lowest BCUT2D eigenvalue weighted by Gasteiger charge is -2.33. The number of piperazine rings is 1. The second-order valence-electron chi connectivity index (χ2n) is 5.76. The van der Waals surface area contributed by atoms with E-state index >= 15 is 0 Å². The molecule has 1 aromatic carbocycles. The van der Waals surface area contributed by atoms with E-state index in [2.05, 4.69) is 43.4 Å². The Balaban J connectivity index is 2.08. The molecule has 1 amide bonds. The molecule has 1 aliphatic rings. The number of hydrogen-bond donors (Lipinski definition) is 1. The Kier molecular flexibility index (Phi) is 5.60. The third-order valence-corrected chi connectivity index (χ3v) is 4.38. The number of rotatable bonds is 5. The average Bonchev–Trinajstić information content (AvgIpc) is 2.53. The van der Waals surface area contributed by atoms with Crippen LogP contribution in [0.3, 0.4) is 0 Å². The van der Waals surface area contributed by atoms with Crippen molar-refractivity contribution in [2.45, 2.75) is 26.7 Å². The summed E-state index contributed by atoms with van der Waals surface area (Å²) in [7, 11) is 0. The zero-order chi connectivity index (χ0) is 14.4. The van der Waals surface area contributed by atoms with Gasteiger partial charge in [0.15, 0.2) is 0 Å². The van der Waals surface area contributed by atoms with E-state index in [9.17, 15) is 4.79 Å². The molecule has 1 fully saturated rings. The third kappa shape index (κ3) is 3.83. The first-order chi connectivity index (χ1) is 9.72. The predicted octanol–water partition coefficient (Wildman–Crippen LogP) is 2.32. The molecule has 0 bridgehead atoms. The van der Waals surface area contributed by atoms with Crippen molar-refractivity contribution in [1.29, 1.82) is 0 Å². The first kappa shape index (κ1) is 15.0. The highest BCUT2D eigenvalue weighted by atomic mass is 16.2. The summed E-state index contributed by atoms with van der Waals surface area (Å²) in [6, 6.07) is 10.4. The highest BCUT2D eigenvalue weighted by molar-refractivity contribution is 5.79. The molecular weight excluding hydrogens is 248 g/mol. The molecule has 110 valence electrons. The van der Waals surface area contributed by atoms with Gasteiger partial charge in [-0.1, -0.05) is 50.6 Å². The Labute approximate surface area is 122 Å². The largest absolute Gasteiger partial charge is 0.340 e. The number of carbonyl (C=O) groups is 1. The third-order valence-electron chi connectivity index (χ3n) is 4.38. The molecule has 1 aliphatic heterocycles. The summed E-state index contributed by atoms with van der Waals surface area (Å²) in [5.74, 6) is 0.878. The molecule has 0 radical (unpaired) electrons. The lowest BCUT2D eigenvalue weighted by molar-refractivity contribution is -0.137. The lowest BCUT2D eigenvalue weighted by atomic mass is 9.85. The Morgan fingerprint density at radius 1 is 1.25 bits per heavy atom. The molecule has 1 aromatic rings. The first-order valence-corrected chi connectivity index (χ1v) is 7.75. The lowest BCUT2D eigenvalue weighted by Crippen LogP contribution is -2.49. The molecule has 1 N–H and O–H groups in total. The minimum atomic E-state index is 0.112. The fraction of sp³-hybridized carbons (Fsp3) is 0.588. The first-order valence-electron chi connectivity index (χ1n) is 7.75. The van der Waals surface area contributed by atoms with Crippen LogP contribution in [0.1, 0.15) is 25.8 Å². The molecule has 0 aliphatic carbocycles. The van der Waals surface area contributed by atoms with Crippen LogP contribution < -0.4 is 5.32 Å². The van der Waals surface area contributed by atoms with Crippen LogP contribution in [0.2, 0.25) is 0 Å². The number of hydrogen-bond acceptors (Lipinski definition) is 2. The van der Waals surface area contributed by atoms with Crippen molar-refractivity contribution in [3.05, 3.63) is 35.9 Å². The van der Waals surface area contributed by atoms with Crippen LogP contribution in [-0.2, 0) is 11.2 Å². The van der Waals surface area contributed by atoms with Crippen molar-refractivity contribution in [1.82, 2.24) is 10.2 Å². The van der Waals surface area contributed by atoms with E-state index in [4.69, 9.17) is 0 Å². The average molecular weight is 274 g/mol. The van der Waals surface area contributed by atoms with E-state index in [0.717, 1.165) is 39.0 Å². The zero-order valence-electron chi connectivity index (χ0n) is 12.6. The number of nitrogens with one attached hydrogen (secondary N) is 1. The van der Waals surface area contributed by atoms with E-state index in [1.54, 1.807) is 0 Å². The Bertz CT molecular complexity index is 412. The zero-order valence-corrected chi connectivity index (χ0v) is 12.6. The fourth-order valence-electron chi connectivity index (χ4n) is 2.80. The standard InChI is InChI=1S/C17H26N2O/c1-3-14(2)16(13-15-7-5-4-6-8-15)17(20)19-11-9-18-10-12-19/h4-8,14,16,18H,3,9-13H2,1-2H3/t14?,16-/m1/s1. The molecule has 1 unspecified atom stereocenters. The van der Waals surface area contributed by atoms with Gasteiger partial charge in [0.05, 0.1) is 0 Å². The van der Waals surface area contributed by atoms with Crippen molar-refractivity contribution >= 4 is 5.91 Å². The predicted molar refractivity (Wildman–Crippen MR) is 82.5 cm³/mol. The summed E-state index contributed by atoms with van der Waals surface area (Å²) < 4.78 is 0. The highest BCUT2D eigenvalue weighted by Gasteiger charge is 2.29. The van der Waals surface area contributed by atoms with E-state index in [0.29, 0.717) is 11.8 Å². The summed E-state index contributed by atoms with van der Waals surface area (Å²) in [6.07, 6.45) is 1.91. The minimum absolute atomic E-state index is 0.112. The van der Waals surface area contributed by atoms with Crippen molar-refractivity contribution < 1.29 is 4.79 Å². The van der Waals surface area contributed by atoms with Gasteiger partial charge in [-0.05, 0) is 17.9 Å². The fourth-order valence-corrected chi connectivity index (χ4v) is 2.80. The number of nitrogens with zero attached hydrogens (tertiary/aromatic N) is 1. The molecule has 20 heavy (non-hydrogen) atoms. The topological polar surface area (TPSA) is 32.3 Å². The van der Waals surface area contributed by atoms with Gasteiger partial charge in [-0.2, -0.15) is 0 Å². The molecule has 2 atom stereocenters. The summed E-state index contributed by atoms with van der Waals surface area (Å²) in [4.78, 5) is 14.8. The van der Waals surface area contributed by atoms with E-state index in [1.807, 2.05) is 11.0 Å². The van der Waals surface area contributed by atoms with Gasteiger partial charge in [0.1, 0.15) is 0 Å². The second-order valence-corrected chi connectivity index (χ2v) is 5.76. The second kappa shape index (κ2) is 7.44. The van der Waals surface area contributed by atoms with Gasteiger partial charge in [-0.25, -0.2) is 0 Å². The van der Waals surface area contributed by atoms with E-state index < -0.39 is 0 Å². The maximum atomic E-state index is 12.8. The molecule has 0 saturated carbocycles. The van der Waals surface area contributed by atoms with Gasteiger partial charge in [0.2, 0.25) is 5.91 Å². The van der Waals surface area contributed by atoms with Crippen LogP contribution in [0.15, 0.2) is 30.3 Å². The van der Waals surface area contributed by atoms with Gasteiger partial charge in [0.25, 0.3) is 0 Å². The van der Waals surface area contributed by atoms with Crippen LogP contribution in [0.25, 0.3) is 0 Å². The van der Waals surface area contributed by atoms with Crippen molar-refractivity contribution in [3.8, 4) is 0 Å². The van der Waals surface area contributed by atoms with E-state index in [-0.39, 0.29) is 5.92 Å².